The number of anilines is 1. The van der Waals surface area contributed by atoms with Crippen LogP contribution >= 0.6 is 11.6 Å². The second kappa shape index (κ2) is 6.81. The molecule has 1 rings (SSSR count). The lowest BCUT2D eigenvalue weighted by molar-refractivity contribution is 0.0254. The van der Waals surface area contributed by atoms with E-state index in [0.29, 0.717) is 6.54 Å². The lowest BCUT2D eigenvalue weighted by atomic mass is 10.3. The molecule has 0 spiro atoms. The number of hydrogen-bond acceptors (Lipinski definition) is 4. The molecule has 0 amide bonds. The van der Waals surface area contributed by atoms with E-state index in [4.69, 9.17) is 17.3 Å². The fourth-order valence-corrected chi connectivity index (χ4v) is 1.57. The summed E-state index contributed by atoms with van der Waals surface area (Å²) in [7, 11) is 0. The molecular weight excluding hydrogens is 278 g/mol. The van der Waals surface area contributed by atoms with Crippen molar-refractivity contribution >= 4 is 17.3 Å². The summed E-state index contributed by atoms with van der Waals surface area (Å²) in [4.78, 5) is 11.8. The molecule has 19 heavy (non-hydrogen) atoms. The highest BCUT2D eigenvalue weighted by atomic mass is 35.5. The first-order chi connectivity index (χ1) is 8.91. The third-order valence-electron chi connectivity index (χ3n) is 2.54. The summed E-state index contributed by atoms with van der Waals surface area (Å²) < 4.78 is 27.2. The molecule has 0 bridgehead atoms. The minimum atomic E-state index is -3.06. The summed E-state index contributed by atoms with van der Waals surface area (Å²) in [5, 5.41) is 6.13. The van der Waals surface area contributed by atoms with Crippen LogP contribution in [0.15, 0.2) is 11.0 Å². The maximum Gasteiger partial charge on any atom is 0.287 e. The van der Waals surface area contributed by atoms with Crippen LogP contribution in [0.1, 0.15) is 19.8 Å². The maximum absolute atomic E-state index is 13.0. The Labute approximate surface area is 114 Å². The molecule has 0 fully saturated rings. The Morgan fingerprint density at radius 3 is 2.84 bits per heavy atom. The van der Waals surface area contributed by atoms with Crippen LogP contribution in [-0.4, -0.2) is 28.8 Å². The van der Waals surface area contributed by atoms with Crippen molar-refractivity contribution in [3.8, 4) is 0 Å². The van der Waals surface area contributed by atoms with Crippen LogP contribution in [0, 0.1) is 0 Å². The van der Waals surface area contributed by atoms with E-state index in [1.165, 1.54) is 10.9 Å². The van der Waals surface area contributed by atoms with Crippen molar-refractivity contribution in [2.24, 2.45) is 5.73 Å². The molecule has 1 heterocycles. The van der Waals surface area contributed by atoms with Crippen molar-refractivity contribution in [3.63, 3.8) is 0 Å². The van der Waals surface area contributed by atoms with Gasteiger partial charge >= 0.3 is 0 Å². The van der Waals surface area contributed by atoms with E-state index in [2.05, 4.69) is 10.4 Å². The molecular formula is C11H17ClF2N4O. The molecule has 1 aromatic rings. The molecule has 108 valence electrons. The number of nitrogens with zero attached hydrogens (tertiary/aromatic N) is 2. The molecule has 3 N–H and O–H groups in total. The van der Waals surface area contributed by atoms with Crippen molar-refractivity contribution in [1.82, 2.24) is 9.78 Å². The fraction of sp³-hybridized carbons (Fsp3) is 0.636. The molecule has 1 aromatic heterocycles. The molecule has 0 unspecified atom stereocenters. The number of aromatic nitrogens is 2. The van der Waals surface area contributed by atoms with Gasteiger partial charge in [0.2, 0.25) is 0 Å². The van der Waals surface area contributed by atoms with Gasteiger partial charge in [0.25, 0.3) is 11.5 Å². The Balaban J connectivity index is 2.82. The van der Waals surface area contributed by atoms with Gasteiger partial charge in [0.15, 0.2) is 0 Å². The second-order valence-corrected chi connectivity index (χ2v) is 4.55. The monoisotopic (exact) mass is 294 g/mol. The first-order valence-corrected chi connectivity index (χ1v) is 6.36. The Hall–Kier alpha value is -1.21. The molecule has 0 aliphatic heterocycles. The van der Waals surface area contributed by atoms with Gasteiger partial charge in [-0.2, -0.15) is 5.10 Å². The van der Waals surface area contributed by atoms with Crippen LogP contribution in [0.25, 0.3) is 0 Å². The fourth-order valence-electron chi connectivity index (χ4n) is 1.35. The third-order valence-corrected chi connectivity index (χ3v) is 2.91. The molecule has 0 saturated carbocycles. The first-order valence-electron chi connectivity index (χ1n) is 5.98. The van der Waals surface area contributed by atoms with E-state index >= 15 is 0 Å². The SMILES string of the molecule is CCCCn1ncc(NCC(F)(F)CN)c(Cl)c1=O. The normalized spacial score (nSPS) is 11.6. The summed E-state index contributed by atoms with van der Waals surface area (Å²) in [5.41, 5.74) is 4.51. The lowest BCUT2D eigenvalue weighted by Crippen LogP contribution is -2.36. The highest BCUT2D eigenvalue weighted by molar-refractivity contribution is 6.32. The number of halogens is 3. The zero-order chi connectivity index (χ0) is 14.5. The first kappa shape index (κ1) is 15.8. The lowest BCUT2D eigenvalue weighted by Gasteiger charge is -2.16. The van der Waals surface area contributed by atoms with Crippen LogP contribution in [0.5, 0.6) is 0 Å². The average molecular weight is 295 g/mol. The van der Waals surface area contributed by atoms with Crippen molar-refractivity contribution in [3.05, 3.63) is 21.6 Å². The molecule has 5 nitrogen and oxygen atoms in total. The van der Waals surface area contributed by atoms with E-state index in [-0.39, 0.29) is 10.7 Å². The van der Waals surface area contributed by atoms with Crippen molar-refractivity contribution in [2.75, 3.05) is 18.4 Å². The number of unbranched alkanes of at least 4 members (excludes halogenated alkanes) is 1. The summed E-state index contributed by atoms with van der Waals surface area (Å²) in [6, 6.07) is 0. The van der Waals surface area contributed by atoms with Crippen molar-refractivity contribution < 1.29 is 8.78 Å². The Kier molecular flexibility index (Phi) is 5.68. The van der Waals surface area contributed by atoms with Gasteiger partial charge in [-0.05, 0) is 6.42 Å². The van der Waals surface area contributed by atoms with E-state index in [1.807, 2.05) is 6.92 Å². The Bertz CT molecular complexity index is 478. The third kappa shape index (κ3) is 4.43. The second-order valence-electron chi connectivity index (χ2n) is 4.17. The van der Waals surface area contributed by atoms with Gasteiger partial charge in [-0.25, -0.2) is 13.5 Å². The van der Waals surface area contributed by atoms with Crippen LogP contribution in [0.2, 0.25) is 5.02 Å². The molecule has 0 aromatic carbocycles. The van der Waals surface area contributed by atoms with E-state index in [0.717, 1.165) is 12.8 Å². The largest absolute Gasteiger partial charge is 0.376 e. The molecule has 0 aliphatic rings. The van der Waals surface area contributed by atoms with Crippen LogP contribution < -0.4 is 16.6 Å². The number of nitrogens with one attached hydrogen (secondary N) is 1. The molecule has 0 aliphatic carbocycles. The number of hydrogen-bond donors (Lipinski definition) is 2. The molecule has 0 atom stereocenters. The topological polar surface area (TPSA) is 72.9 Å². The molecule has 0 radical (unpaired) electrons. The van der Waals surface area contributed by atoms with Gasteiger partial charge in [-0.15, -0.1) is 0 Å². The van der Waals surface area contributed by atoms with Crippen LogP contribution in [0.3, 0.4) is 0 Å². The minimum Gasteiger partial charge on any atom is -0.376 e. The minimum absolute atomic E-state index is 0.0903. The quantitative estimate of drug-likeness (QED) is 0.803. The van der Waals surface area contributed by atoms with E-state index in [1.54, 1.807) is 0 Å². The average Bonchev–Trinajstić information content (AvgIpc) is 2.39. The molecule has 0 saturated heterocycles. The van der Waals surface area contributed by atoms with Crippen LogP contribution in [-0.2, 0) is 6.54 Å². The summed E-state index contributed by atoms with van der Waals surface area (Å²) in [6.07, 6.45) is 2.97. The standard InChI is InChI=1S/C11H17ClF2N4O/c1-2-3-4-18-10(19)9(12)8(5-17-18)16-7-11(13,14)6-15/h5,16H,2-4,6-7,15H2,1H3. The Morgan fingerprint density at radius 1 is 1.58 bits per heavy atom. The predicted molar refractivity (Wildman–Crippen MR) is 70.9 cm³/mol. The maximum atomic E-state index is 13.0. The van der Waals surface area contributed by atoms with Crippen molar-refractivity contribution in [1.29, 1.82) is 0 Å². The van der Waals surface area contributed by atoms with Gasteiger partial charge in [0, 0.05) is 6.54 Å². The predicted octanol–water partition coefficient (Wildman–Crippen LogP) is 1.70. The van der Waals surface area contributed by atoms with Gasteiger partial charge in [-0.3, -0.25) is 4.79 Å². The van der Waals surface area contributed by atoms with E-state index < -0.39 is 24.6 Å². The number of alkyl halides is 2. The van der Waals surface area contributed by atoms with Gasteiger partial charge in [-0.1, -0.05) is 24.9 Å². The van der Waals surface area contributed by atoms with Gasteiger partial charge in [0.1, 0.15) is 5.02 Å². The highest BCUT2D eigenvalue weighted by Crippen LogP contribution is 2.18. The summed E-state index contributed by atoms with van der Waals surface area (Å²) >= 11 is 5.84. The number of aryl methyl sites for hydroxylation is 1. The number of nitrogens with two attached hydrogens (primary N) is 1. The van der Waals surface area contributed by atoms with Crippen molar-refractivity contribution in [2.45, 2.75) is 32.2 Å². The zero-order valence-electron chi connectivity index (χ0n) is 10.6. The Morgan fingerprint density at radius 2 is 2.26 bits per heavy atom. The number of rotatable bonds is 7. The van der Waals surface area contributed by atoms with E-state index in [9.17, 15) is 13.6 Å². The van der Waals surface area contributed by atoms with Gasteiger partial charge in [0.05, 0.1) is 25.0 Å². The zero-order valence-corrected chi connectivity index (χ0v) is 11.4. The highest BCUT2D eigenvalue weighted by Gasteiger charge is 2.26. The summed E-state index contributed by atoms with van der Waals surface area (Å²) in [5.74, 6) is -3.06. The van der Waals surface area contributed by atoms with Crippen LogP contribution in [0.4, 0.5) is 14.5 Å². The summed E-state index contributed by atoms with van der Waals surface area (Å²) in [6.45, 7) is 0.966. The van der Waals surface area contributed by atoms with Gasteiger partial charge < -0.3 is 11.1 Å². The smallest absolute Gasteiger partial charge is 0.287 e. The molecule has 8 heteroatoms.